The summed E-state index contributed by atoms with van der Waals surface area (Å²) >= 11 is 0. The Labute approximate surface area is 140 Å². The first-order chi connectivity index (χ1) is 11.6. The number of hydrogen-bond acceptors (Lipinski definition) is 3. The van der Waals surface area contributed by atoms with Crippen LogP contribution in [0, 0.1) is 0 Å². The molecule has 0 spiro atoms. The van der Waals surface area contributed by atoms with Crippen LogP contribution in [0.2, 0.25) is 0 Å². The molecule has 118 valence electrons. The Hall–Kier alpha value is -2.85. The Morgan fingerprint density at radius 1 is 0.583 bits per heavy atom. The summed E-state index contributed by atoms with van der Waals surface area (Å²) in [5, 5.41) is 3.22. The van der Waals surface area contributed by atoms with Crippen LogP contribution >= 0.6 is 0 Å². The molecule has 0 bridgehead atoms. The van der Waals surface area contributed by atoms with Gasteiger partial charge in [0.2, 0.25) is 0 Å². The molecule has 4 heteroatoms. The first-order valence-corrected chi connectivity index (χ1v) is 8.96. The van der Waals surface area contributed by atoms with Crippen LogP contribution in [0.1, 0.15) is 0 Å². The van der Waals surface area contributed by atoms with Crippen LogP contribution in [-0.2, 0) is 10.1 Å². The summed E-state index contributed by atoms with van der Waals surface area (Å²) < 4.78 is 31.2. The molecular weight excluding hydrogens is 320 g/mol. The third-order valence-corrected chi connectivity index (χ3v) is 5.26. The molecule has 0 N–H and O–H groups in total. The Morgan fingerprint density at radius 3 is 1.88 bits per heavy atom. The van der Waals surface area contributed by atoms with E-state index in [0.717, 1.165) is 16.2 Å². The van der Waals surface area contributed by atoms with Gasteiger partial charge in [0.15, 0.2) is 5.75 Å². The SMILES string of the molecule is O=S(=O)(Oc1cccc2ccccc12)c1cccc2ccccc12. The molecule has 0 aliphatic rings. The fourth-order valence-electron chi connectivity index (χ4n) is 2.85. The number of hydrogen-bond donors (Lipinski definition) is 0. The Balaban J connectivity index is 1.86. The molecule has 0 saturated heterocycles. The van der Waals surface area contributed by atoms with Gasteiger partial charge in [-0.3, -0.25) is 0 Å². The molecule has 0 unspecified atom stereocenters. The summed E-state index contributed by atoms with van der Waals surface area (Å²) in [6.07, 6.45) is 0. The predicted octanol–water partition coefficient (Wildman–Crippen LogP) is 4.76. The van der Waals surface area contributed by atoms with E-state index in [4.69, 9.17) is 4.18 Å². The first-order valence-electron chi connectivity index (χ1n) is 7.55. The molecule has 0 aliphatic heterocycles. The summed E-state index contributed by atoms with van der Waals surface area (Å²) in [7, 11) is -3.93. The second kappa shape index (κ2) is 5.65. The molecule has 4 aromatic carbocycles. The van der Waals surface area contributed by atoms with E-state index in [1.165, 1.54) is 0 Å². The van der Waals surface area contributed by atoms with Crippen molar-refractivity contribution in [1.82, 2.24) is 0 Å². The lowest BCUT2D eigenvalue weighted by Gasteiger charge is -2.11. The quantitative estimate of drug-likeness (QED) is 0.507. The smallest absolute Gasteiger partial charge is 0.339 e. The van der Waals surface area contributed by atoms with Gasteiger partial charge in [-0.15, -0.1) is 0 Å². The highest BCUT2D eigenvalue weighted by atomic mass is 32.2. The lowest BCUT2D eigenvalue weighted by atomic mass is 10.1. The van der Waals surface area contributed by atoms with Crippen molar-refractivity contribution in [3.63, 3.8) is 0 Å². The van der Waals surface area contributed by atoms with Crippen molar-refractivity contribution in [2.45, 2.75) is 4.90 Å². The van der Waals surface area contributed by atoms with Gasteiger partial charge in [-0.1, -0.05) is 72.8 Å². The predicted molar refractivity (Wildman–Crippen MR) is 95.7 cm³/mol. The highest BCUT2D eigenvalue weighted by molar-refractivity contribution is 7.87. The summed E-state index contributed by atoms with van der Waals surface area (Å²) in [4.78, 5) is 0.175. The first kappa shape index (κ1) is 14.7. The monoisotopic (exact) mass is 334 g/mol. The molecule has 0 atom stereocenters. The maximum Gasteiger partial charge on any atom is 0.339 e. The summed E-state index contributed by atoms with van der Waals surface area (Å²) in [5.41, 5.74) is 0. The zero-order valence-corrected chi connectivity index (χ0v) is 13.5. The van der Waals surface area contributed by atoms with Crippen LogP contribution < -0.4 is 4.18 Å². The molecule has 0 fully saturated rings. The van der Waals surface area contributed by atoms with Gasteiger partial charge in [0.1, 0.15) is 4.90 Å². The number of rotatable bonds is 3. The van der Waals surface area contributed by atoms with Gasteiger partial charge in [0.25, 0.3) is 0 Å². The van der Waals surface area contributed by atoms with Crippen molar-refractivity contribution < 1.29 is 12.6 Å². The van der Waals surface area contributed by atoms with Gasteiger partial charge in [0, 0.05) is 10.8 Å². The van der Waals surface area contributed by atoms with E-state index in [2.05, 4.69) is 0 Å². The van der Waals surface area contributed by atoms with Crippen molar-refractivity contribution in [3.8, 4) is 5.75 Å². The van der Waals surface area contributed by atoms with Gasteiger partial charge >= 0.3 is 10.1 Å². The number of fused-ring (bicyclic) bond motifs is 2. The van der Waals surface area contributed by atoms with Crippen LogP contribution in [0.15, 0.2) is 89.8 Å². The van der Waals surface area contributed by atoms with E-state index in [1.807, 2.05) is 54.6 Å². The van der Waals surface area contributed by atoms with Crippen LogP contribution in [-0.4, -0.2) is 8.42 Å². The lowest BCUT2D eigenvalue weighted by Crippen LogP contribution is -2.10. The average molecular weight is 334 g/mol. The minimum absolute atomic E-state index is 0.175. The van der Waals surface area contributed by atoms with Crippen molar-refractivity contribution in [2.24, 2.45) is 0 Å². The number of benzene rings is 4. The molecule has 3 nitrogen and oxygen atoms in total. The molecule has 0 radical (unpaired) electrons. The summed E-state index contributed by atoms with van der Waals surface area (Å²) in [6.45, 7) is 0. The third kappa shape index (κ3) is 2.51. The molecule has 0 heterocycles. The normalized spacial score (nSPS) is 11.7. The zero-order valence-electron chi connectivity index (χ0n) is 12.7. The van der Waals surface area contributed by atoms with E-state index in [0.29, 0.717) is 11.1 Å². The van der Waals surface area contributed by atoms with Crippen molar-refractivity contribution >= 4 is 31.7 Å². The fraction of sp³-hybridized carbons (Fsp3) is 0. The molecule has 4 rings (SSSR count). The highest BCUT2D eigenvalue weighted by Crippen LogP contribution is 2.30. The highest BCUT2D eigenvalue weighted by Gasteiger charge is 2.20. The van der Waals surface area contributed by atoms with Gasteiger partial charge in [0.05, 0.1) is 0 Å². The topological polar surface area (TPSA) is 43.4 Å². The van der Waals surface area contributed by atoms with Gasteiger partial charge in [-0.25, -0.2) is 0 Å². The van der Waals surface area contributed by atoms with Crippen molar-refractivity contribution in [3.05, 3.63) is 84.9 Å². The molecule has 0 amide bonds. The van der Waals surface area contributed by atoms with Gasteiger partial charge < -0.3 is 4.18 Å². The van der Waals surface area contributed by atoms with Gasteiger partial charge in [-0.2, -0.15) is 8.42 Å². The van der Waals surface area contributed by atoms with E-state index in [1.54, 1.807) is 30.3 Å². The molecule has 0 aliphatic carbocycles. The summed E-state index contributed by atoms with van der Waals surface area (Å²) in [5.74, 6) is 0.334. The molecule has 0 aromatic heterocycles. The Bertz CT molecular complexity index is 1140. The zero-order chi connectivity index (χ0) is 16.6. The average Bonchev–Trinajstić information content (AvgIpc) is 2.61. The fourth-order valence-corrected chi connectivity index (χ4v) is 4.02. The van der Waals surface area contributed by atoms with E-state index in [-0.39, 0.29) is 4.90 Å². The maximum atomic E-state index is 12.8. The van der Waals surface area contributed by atoms with Crippen LogP contribution in [0.4, 0.5) is 0 Å². The van der Waals surface area contributed by atoms with Crippen LogP contribution in [0.25, 0.3) is 21.5 Å². The maximum absolute atomic E-state index is 12.8. The minimum Gasteiger partial charge on any atom is -0.378 e. The third-order valence-electron chi connectivity index (χ3n) is 3.97. The molecule has 24 heavy (non-hydrogen) atoms. The molecular formula is C20H14O3S. The van der Waals surface area contributed by atoms with Crippen LogP contribution in [0.3, 0.4) is 0 Å². The van der Waals surface area contributed by atoms with E-state index >= 15 is 0 Å². The van der Waals surface area contributed by atoms with Gasteiger partial charge in [-0.05, 0) is 22.9 Å². The van der Waals surface area contributed by atoms with E-state index in [9.17, 15) is 8.42 Å². The Kier molecular flexibility index (Phi) is 3.47. The second-order valence-corrected chi connectivity index (χ2v) is 7.01. The van der Waals surface area contributed by atoms with Crippen LogP contribution in [0.5, 0.6) is 5.75 Å². The lowest BCUT2D eigenvalue weighted by molar-refractivity contribution is 0.489. The standard InChI is InChI=1S/C20H14O3S/c21-24(22,20-14-6-10-16-8-2-4-12-18(16)20)23-19-13-5-9-15-7-1-3-11-17(15)19/h1-14H. The van der Waals surface area contributed by atoms with Crippen molar-refractivity contribution in [2.75, 3.05) is 0 Å². The largest absolute Gasteiger partial charge is 0.378 e. The molecule has 0 saturated carbocycles. The Morgan fingerprint density at radius 2 is 1.12 bits per heavy atom. The van der Waals surface area contributed by atoms with Crippen molar-refractivity contribution in [1.29, 1.82) is 0 Å². The second-order valence-electron chi connectivity index (χ2n) is 5.49. The summed E-state index contributed by atoms with van der Waals surface area (Å²) in [6, 6.07) is 25.5. The van der Waals surface area contributed by atoms with E-state index < -0.39 is 10.1 Å². The minimum atomic E-state index is -3.93. The molecule has 4 aromatic rings.